The Kier molecular flexibility index (Phi) is 4.82. The van der Waals surface area contributed by atoms with E-state index in [1.807, 2.05) is 0 Å². The molecule has 1 aromatic carbocycles. The molecule has 0 aliphatic heterocycles. The molecule has 1 amide bonds. The van der Waals surface area contributed by atoms with E-state index in [0.717, 1.165) is 17.0 Å². The van der Waals surface area contributed by atoms with Crippen LogP contribution < -0.4 is 10.2 Å². The van der Waals surface area contributed by atoms with Crippen LogP contribution in [0.4, 0.5) is 5.69 Å². The van der Waals surface area contributed by atoms with Crippen molar-refractivity contribution in [1.82, 2.24) is 4.57 Å². The quantitative estimate of drug-likeness (QED) is 0.897. The van der Waals surface area contributed by atoms with E-state index in [1.165, 1.54) is 28.8 Å². The lowest BCUT2D eigenvalue weighted by Gasteiger charge is -2.08. The van der Waals surface area contributed by atoms with Gasteiger partial charge in [0.25, 0.3) is 0 Å². The van der Waals surface area contributed by atoms with Crippen molar-refractivity contribution >= 4 is 32.8 Å². The molecule has 0 unspecified atom stereocenters. The minimum Gasteiger partial charge on any atom is -0.325 e. The zero-order valence-electron chi connectivity index (χ0n) is 12.2. The molecule has 118 valence electrons. The molecule has 0 saturated heterocycles. The first-order chi connectivity index (χ1) is 10.3. The predicted octanol–water partition coefficient (Wildman–Crippen LogP) is 1.65. The third kappa shape index (κ3) is 3.63. The second kappa shape index (κ2) is 6.45. The van der Waals surface area contributed by atoms with Gasteiger partial charge in [-0.15, -0.1) is 0 Å². The SMILES string of the molecule is CCS(=O)(=O)c1ccc(NC(=O)Cn2c(C)csc2=O)cc1. The smallest absolute Gasteiger partial charge is 0.307 e. The van der Waals surface area contributed by atoms with Gasteiger partial charge in [-0.25, -0.2) is 8.42 Å². The van der Waals surface area contributed by atoms with E-state index >= 15 is 0 Å². The van der Waals surface area contributed by atoms with Gasteiger partial charge in [0.1, 0.15) is 6.54 Å². The van der Waals surface area contributed by atoms with E-state index in [9.17, 15) is 18.0 Å². The number of hydrogen-bond acceptors (Lipinski definition) is 5. The third-order valence-electron chi connectivity index (χ3n) is 3.16. The topological polar surface area (TPSA) is 85.2 Å². The molecule has 0 spiro atoms. The van der Waals surface area contributed by atoms with E-state index in [0.29, 0.717) is 5.69 Å². The van der Waals surface area contributed by atoms with Gasteiger partial charge in [0, 0.05) is 16.8 Å². The molecule has 6 nitrogen and oxygen atoms in total. The van der Waals surface area contributed by atoms with Crippen molar-refractivity contribution < 1.29 is 13.2 Å². The van der Waals surface area contributed by atoms with E-state index in [2.05, 4.69) is 5.32 Å². The number of hydrogen-bond donors (Lipinski definition) is 1. The first-order valence-corrected chi connectivity index (χ1v) is 9.14. The molecule has 0 fully saturated rings. The number of thiazole rings is 1. The average molecular weight is 340 g/mol. The number of nitrogens with zero attached hydrogens (tertiary/aromatic N) is 1. The molecule has 1 aromatic heterocycles. The van der Waals surface area contributed by atoms with Crippen molar-refractivity contribution in [2.45, 2.75) is 25.3 Å². The number of sulfone groups is 1. The van der Waals surface area contributed by atoms with Crippen LogP contribution in [-0.4, -0.2) is 24.6 Å². The summed E-state index contributed by atoms with van der Waals surface area (Å²) in [6.45, 7) is 3.27. The zero-order chi connectivity index (χ0) is 16.3. The molecule has 0 atom stereocenters. The number of aryl methyl sites for hydroxylation is 1. The van der Waals surface area contributed by atoms with Gasteiger partial charge in [0.2, 0.25) is 5.91 Å². The molecule has 2 rings (SSSR count). The van der Waals surface area contributed by atoms with Crippen molar-refractivity contribution in [2.75, 3.05) is 11.1 Å². The van der Waals surface area contributed by atoms with Crippen molar-refractivity contribution in [3.63, 3.8) is 0 Å². The molecule has 0 aliphatic carbocycles. The molecule has 0 bridgehead atoms. The Morgan fingerprint density at radius 1 is 1.27 bits per heavy atom. The molecule has 22 heavy (non-hydrogen) atoms. The molecule has 0 aliphatic rings. The molecule has 0 saturated carbocycles. The van der Waals surface area contributed by atoms with Crippen molar-refractivity contribution in [3.8, 4) is 0 Å². The summed E-state index contributed by atoms with van der Waals surface area (Å²) < 4.78 is 24.8. The lowest BCUT2D eigenvalue weighted by Crippen LogP contribution is -2.25. The van der Waals surface area contributed by atoms with Crippen molar-refractivity contribution in [1.29, 1.82) is 0 Å². The number of aromatic nitrogens is 1. The summed E-state index contributed by atoms with van der Waals surface area (Å²) >= 11 is 1.05. The summed E-state index contributed by atoms with van der Waals surface area (Å²) in [5, 5.41) is 4.34. The van der Waals surface area contributed by atoms with Crippen LogP contribution in [-0.2, 0) is 21.2 Å². The van der Waals surface area contributed by atoms with Crippen LogP contribution in [0.25, 0.3) is 0 Å². The minimum atomic E-state index is -3.25. The van der Waals surface area contributed by atoms with E-state index in [4.69, 9.17) is 0 Å². The lowest BCUT2D eigenvalue weighted by molar-refractivity contribution is -0.116. The maximum atomic E-state index is 11.9. The number of nitrogens with one attached hydrogen (secondary N) is 1. The van der Waals surface area contributed by atoms with E-state index in [1.54, 1.807) is 19.2 Å². The number of rotatable bonds is 5. The number of amides is 1. The Bertz CT molecular complexity index is 832. The van der Waals surface area contributed by atoms with Crippen LogP contribution in [0.3, 0.4) is 0 Å². The van der Waals surface area contributed by atoms with Crippen LogP contribution >= 0.6 is 11.3 Å². The number of carbonyl (C=O) groups excluding carboxylic acids is 1. The number of carbonyl (C=O) groups is 1. The second-order valence-corrected chi connectivity index (χ2v) is 7.80. The van der Waals surface area contributed by atoms with E-state index < -0.39 is 9.84 Å². The van der Waals surface area contributed by atoms with Gasteiger partial charge in [-0.1, -0.05) is 18.3 Å². The summed E-state index contributed by atoms with van der Waals surface area (Å²) in [5.74, 6) is -0.311. The van der Waals surface area contributed by atoms with Gasteiger partial charge in [-0.2, -0.15) is 0 Å². The maximum Gasteiger partial charge on any atom is 0.307 e. The molecule has 1 heterocycles. The largest absolute Gasteiger partial charge is 0.325 e. The maximum absolute atomic E-state index is 11.9. The first kappa shape index (κ1) is 16.4. The molecular weight excluding hydrogens is 324 g/mol. The fourth-order valence-corrected chi connectivity index (χ4v) is 3.47. The van der Waals surface area contributed by atoms with Gasteiger partial charge in [-0.05, 0) is 31.2 Å². The summed E-state index contributed by atoms with van der Waals surface area (Å²) in [6, 6.07) is 5.97. The fourth-order valence-electron chi connectivity index (χ4n) is 1.85. The summed E-state index contributed by atoms with van der Waals surface area (Å²) in [5.41, 5.74) is 1.22. The van der Waals surface area contributed by atoms with Gasteiger partial charge in [0.05, 0.1) is 10.6 Å². The Morgan fingerprint density at radius 3 is 2.41 bits per heavy atom. The Morgan fingerprint density at radius 2 is 1.91 bits per heavy atom. The summed E-state index contributed by atoms with van der Waals surface area (Å²) in [7, 11) is -3.25. The molecule has 2 aromatic rings. The van der Waals surface area contributed by atoms with Crippen molar-refractivity contribution in [3.05, 3.63) is 45.0 Å². The average Bonchev–Trinajstić information content (AvgIpc) is 2.79. The van der Waals surface area contributed by atoms with Gasteiger partial charge < -0.3 is 5.32 Å². The van der Waals surface area contributed by atoms with Gasteiger partial charge >= 0.3 is 4.87 Å². The third-order valence-corrected chi connectivity index (χ3v) is 5.79. The highest BCUT2D eigenvalue weighted by Crippen LogP contribution is 2.15. The highest BCUT2D eigenvalue weighted by atomic mass is 32.2. The van der Waals surface area contributed by atoms with Crippen LogP contribution in [0, 0.1) is 6.92 Å². The molecule has 1 N–H and O–H groups in total. The van der Waals surface area contributed by atoms with E-state index in [-0.39, 0.29) is 28.0 Å². The normalized spacial score (nSPS) is 11.4. The summed E-state index contributed by atoms with van der Waals surface area (Å²) in [4.78, 5) is 23.5. The summed E-state index contributed by atoms with van der Waals surface area (Å²) in [6.07, 6.45) is 0. The predicted molar refractivity (Wildman–Crippen MR) is 86.1 cm³/mol. The highest BCUT2D eigenvalue weighted by molar-refractivity contribution is 7.91. The first-order valence-electron chi connectivity index (χ1n) is 6.61. The van der Waals surface area contributed by atoms with Gasteiger partial charge in [0.15, 0.2) is 9.84 Å². The molecule has 0 radical (unpaired) electrons. The second-order valence-electron chi connectivity index (χ2n) is 4.71. The standard InChI is InChI=1S/C14H16N2O4S2/c1-3-22(19,20)12-6-4-11(5-7-12)15-13(17)8-16-10(2)9-21-14(16)18/h4-7,9H,3,8H2,1-2H3,(H,15,17). The molecular formula is C14H16N2O4S2. The Labute approximate surface area is 132 Å². The monoisotopic (exact) mass is 340 g/mol. The highest BCUT2D eigenvalue weighted by Gasteiger charge is 2.12. The van der Waals surface area contributed by atoms with Crippen LogP contribution in [0.2, 0.25) is 0 Å². The van der Waals surface area contributed by atoms with Crippen LogP contribution in [0.1, 0.15) is 12.6 Å². The Balaban J connectivity index is 2.08. The van der Waals surface area contributed by atoms with Gasteiger partial charge in [-0.3, -0.25) is 14.2 Å². The number of anilines is 1. The minimum absolute atomic E-state index is 0.0268. The lowest BCUT2D eigenvalue weighted by atomic mass is 10.3. The Hall–Kier alpha value is -1.93. The fraction of sp³-hybridized carbons (Fsp3) is 0.286. The van der Waals surface area contributed by atoms with Crippen LogP contribution in [0.15, 0.2) is 39.3 Å². The number of benzene rings is 1. The van der Waals surface area contributed by atoms with Crippen molar-refractivity contribution in [2.24, 2.45) is 0 Å². The zero-order valence-corrected chi connectivity index (χ0v) is 13.8. The van der Waals surface area contributed by atoms with Crippen LogP contribution in [0.5, 0.6) is 0 Å². The molecule has 8 heteroatoms.